The number of Topliss-reactive ketones (excluding diaryl/α,β-unsaturated/α-hetero) is 1. The molecule has 1 atom stereocenters. The molecule has 1 aromatic carbocycles. The smallest absolute Gasteiger partial charge is 0.277 e. The number of hydrogen-bond acceptors (Lipinski definition) is 4. The van der Waals surface area contributed by atoms with Crippen molar-refractivity contribution in [2.75, 3.05) is 5.32 Å². The average Bonchev–Trinajstić information content (AvgIpc) is 3.03. The van der Waals surface area contributed by atoms with Crippen molar-refractivity contribution in [3.8, 4) is 5.69 Å². The van der Waals surface area contributed by atoms with E-state index in [4.69, 9.17) is 0 Å². The van der Waals surface area contributed by atoms with Crippen molar-refractivity contribution in [2.45, 2.75) is 32.6 Å². The van der Waals surface area contributed by atoms with Crippen LogP contribution in [0.15, 0.2) is 70.9 Å². The van der Waals surface area contributed by atoms with E-state index in [2.05, 4.69) is 29.2 Å². The maximum Gasteiger partial charge on any atom is 0.277 e. The van der Waals surface area contributed by atoms with E-state index in [1.165, 1.54) is 4.68 Å². The van der Waals surface area contributed by atoms with Crippen LogP contribution < -0.4 is 10.9 Å². The molecule has 2 aliphatic rings. The normalized spacial score (nSPS) is 20.1. The summed E-state index contributed by atoms with van der Waals surface area (Å²) in [7, 11) is 0. The van der Waals surface area contributed by atoms with Crippen molar-refractivity contribution < 1.29 is 4.79 Å². The molecule has 0 spiro atoms. The van der Waals surface area contributed by atoms with E-state index >= 15 is 0 Å². The number of H-pyrrole nitrogens is 1. The molecule has 0 saturated heterocycles. The van der Waals surface area contributed by atoms with Crippen LogP contribution in [0.3, 0.4) is 0 Å². The topological polar surface area (TPSA) is 79.8 Å². The molecular formula is C23H22N4O2. The highest BCUT2D eigenvalue weighted by Gasteiger charge is 2.42. The van der Waals surface area contributed by atoms with Gasteiger partial charge in [-0.05, 0) is 35.6 Å². The van der Waals surface area contributed by atoms with E-state index in [0.717, 1.165) is 23.4 Å². The van der Waals surface area contributed by atoms with Crippen LogP contribution in [0.1, 0.15) is 43.7 Å². The Balaban J connectivity index is 1.75. The van der Waals surface area contributed by atoms with Gasteiger partial charge in [0.05, 0.1) is 11.3 Å². The van der Waals surface area contributed by atoms with Crippen molar-refractivity contribution in [3.05, 3.63) is 87.6 Å². The first kappa shape index (κ1) is 17.7. The number of rotatable bonds is 2. The zero-order valence-electron chi connectivity index (χ0n) is 16.4. The number of ketones is 1. The largest absolute Gasteiger partial charge is 0.343 e. The van der Waals surface area contributed by atoms with Gasteiger partial charge in [0.25, 0.3) is 5.56 Å². The molecule has 1 aliphatic carbocycles. The minimum atomic E-state index is -0.424. The van der Waals surface area contributed by atoms with Gasteiger partial charge in [-0.3, -0.25) is 19.7 Å². The molecule has 2 N–H and O–H groups in total. The van der Waals surface area contributed by atoms with Crippen molar-refractivity contribution in [3.63, 3.8) is 0 Å². The summed E-state index contributed by atoms with van der Waals surface area (Å²) >= 11 is 0. The number of anilines is 1. The van der Waals surface area contributed by atoms with Gasteiger partial charge in [0, 0.05) is 36.0 Å². The molecule has 5 rings (SSSR count). The Morgan fingerprint density at radius 2 is 1.86 bits per heavy atom. The second-order valence-electron chi connectivity index (χ2n) is 8.55. The standard InChI is InChI=1S/C23H22N4O2/c1-23(2)11-16-19(17(28)12-23)18(14-7-6-10-24-13-14)20-21(25-16)26-27(22(20)29)15-8-4-3-5-9-15/h3-10,13,18,25-26H,11-12H2,1-2H3/t18-/m0/s1. The SMILES string of the molecule is CC1(C)CC(=O)C2=C(C1)Nc1[nH]n(-c3ccccc3)c(=O)c1[C@H]2c1cccnc1. The number of carbonyl (C=O) groups is 1. The summed E-state index contributed by atoms with van der Waals surface area (Å²) < 4.78 is 1.54. The van der Waals surface area contributed by atoms with Crippen LogP contribution in [0, 0.1) is 5.41 Å². The molecule has 0 bridgehead atoms. The second kappa shape index (κ2) is 6.30. The number of aromatic nitrogens is 3. The van der Waals surface area contributed by atoms with Crippen LogP contribution in [0.5, 0.6) is 0 Å². The maximum absolute atomic E-state index is 13.4. The van der Waals surface area contributed by atoms with E-state index < -0.39 is 5.92 Å². The molecule has 146 valence electrons. The maximum atomic E-state index is 13.4. The Morgan fingerprint density at radius 3 is 2.59 bits per heavy atom. The highest BCUT2D eigenvalue weighted by atomic mass is 16.1. The third-order valence-electron chi connectivity index (χ3n) is 5.73. The minimum Gasteiger partial charge on any atom is -0.343 e. The molecule has 0 fully saturated rings. The van der Waals surface area contributed by atoms with E-state index in [1.807, 2.05) is 42.5 Å². The zero-order valence-corrected chi connectivity index (χ0v) is 16.4. The van der Waals surface area contributed by atoms with E-state index in [1.54, 1.807) is 12.4 Å². The van der Waals surface area contributed by atoms with E-state index in [9.17, 15) is 9.59 Å². The fourth-order valence-corrected chi connectivity index (χ4v) is 4.53. The molecule has 2 aromatic heterocycles. The Labute approximate surface area is 168 Å². The van der Waals surface area contributed by atoms with Crippen LogP contribution in [0.4, 0.5) is 5.82 Å². The molecule has 0 amide bonds. The lowest BCUT2D eigenvalue weighted by Gasteiger charge is -2.37. The Hall–Kier alpha value is -3.41. The molecule has 0 unspecified atom stereocenters. The second-order valence-corrected chi connectivity index (χ2v) is 8.55. The molecule has 0 radical (unpaired) electrons. The Bertz CT molecular complexity index is 1190. The van der Waals surface area contributed by atoms with Gasteiger partial charge in [0.15, 0.2) is 5.78 Å². The third kappa shape index (κ3) is 2.83. The molecule has 3 heterocycles. The van der Waals surface area contributed by atoms with Crippen LogP contribution in [0.2, 0.25) is 0 Å². The monoisotopic (exact) mass is 386 g/mol. The molecule has 6 nitrogen and oxygen atoms in total. The predicted molar refractivity (Wildman–Crippen MR) is 111 cm³/mol. The zero-order chi connectivity index (χ0) is 20.2. The quantitative estimate of drug-likeness (QED) is 0.703. The molecule has 29 heavy (non-hydrogen) atoms. The van der Waals surface area contributed by atoms with Crippen molar-refractivity contribution in [2.24, 2.45) is 5.41 Å². The Kier molecular flexibility index (Phi) is 3.84. The molecular weight excluding hydrogens is 364 g/mol. The third-order valence-corrected chi connectivity index (χ3v) is 5.73. The Morgan fingerprint density at radius 1 is 1.07 bits per heavy atom. The number of nitrogens with one attached hydrogen (secondary N) is 2. The summed E-state index contributed by atoms with van der Waals surface area (Å²) in [5, 5.41) is 6.60. The van der Waals surface area contributed by atoms with Gasteiger partial charge in [-0.1, -0.05) is 38.1 Å². The lowest BCUT2D eigenvalue weighted by Crippen LogP contribution is -2.35. The van der Waals surface area contributed by atoms with E-state index in [0.29, 0.717) is 23.4 Å². The first-order chi connectivity index (χ1) is 13.9. The van der Waals surface area contributed by atoms with E-state index in [-0.39, 0.29) is 16.8 Å². The van der Waals surface area contributed by atoms with Gasteiger partial charge in [0.2, 0.25) is 0 Å². The van der Waals surface area contributed by atoms with Crippen molar-refractivity contribution in [1.29, 1.82) is 0 Å². The van der Waals surface area contributed by atoms with Gasteiger partial charge in [-0.2, -0.15) is 0 Å². The molecule has 0 saturated carbocycles. The average molecular weight is 386 g/mol. The van der Waals surface area contributed by atoms with Crippen molar-refractivity contribution in [1.82, 2.24) is 14.8 Å². The fourth-order valence-electron chi connectivity index (χ4n) is 4.53. The summed E-state index contributed by atoms with van der Waals surface area (Å²) in [6.45, 7) is 4.20. The highest BCUT2D eigenvalue weighted by molar-refractivity contribution is 6.01. The number of allylic oxidation sites excluding steroid dienone is 2. The van der Waals surface area contributed by atoms with Crippen LogP contribution >= 0.6 is 0 Å². The summed E-state index contributed by atoms with van der Waals surface area (Å²) in [4.78, 5) is 30.9. The first-order valence-corrected chi connectivity index (χ1v) is 9.78. The van der Waals surface area contributed by atoms with Gasteiger partial charge in [0.1, 0.15) is 5.82 Å². The predicted octanol–water partition coefficient (Wildman–Crippen LogP) is 3.76. The number of pyridine rings is 1. The van der Waals surface area contributed by atoms with Crippen LogP contribution in [-0.4, -0.2) is 20.5 Å². The van der Waals surface area contributed by atoms with Crippen LogP contribution in [0.25, 0.3) is 5.69 Å². The summed E-state index contributed by atoms with van der Waals surface area (Å²) in [6.07, 6.45) is 4.67. The fraction of sp³-hybridized carbons (Fsp3) is 0.261. The number of aromatic amines is 1. The van der Waals surface area contributed by atoms with Gasteiger partial charge >= 0.3 is 0 Å². The lowest BCUT2D eigenvalue weighted by molar-refractivity contribution is -0.118. The number of carbonyl (C=O) groups excluding carboxylic acids is 1. The lowest BCUT2D eigenvalue weighted by atomic mass is 9.69. The van der Waals surface area contributed by atoms with Crippen LogP contribution in [-0.2, 0) is 4.79 Å². The number of nitrogens with zero attached hydrogens (tertiary/aromatic N) is 2. The first-order valence-electron chi connectivity index (χ1n) is 9.78. The number of hydrogen-bond donors (Lipinski definition) is 2. The highest BCUT2D eigenvalue weighted by Crippen LogP contribution is 2.47. The summed E-state index contributed by atoms with van der Waals surface area (Å²) in [5.41, 5.74) is 3.48. The number of para-hydroxylation sites is 1. The van der Waals surface area contributed by atoms with Gasteiger partial charge < -0.3 is 5.32 Å². The summed E-state index contributed by atoms with van der Waals surface area (Å²) in [6, 6.07) is 13.2. The summed E-state index contributed by atoms with van der Waals surface area (Å²) in [5.74, 6) is 0.319. The molecule has 1 aliphatic heterocycles. The number of fused-ring (bicyclic) bond motifs is 1. The molecule has 3 aromatic rings. The van der Waals surface area contributed by atoms with Gasteiger partial charge in [-0.25, -0.2) is 4.68 Å². The molecule has 6 heteroatoms. The number of benzene rings is 1. The minimum absolute atomic E-state index is 0.0927. The van der Waals surface area contributed by atoms with Gasteiger partial charge in [-0.15, -0.1) is 0 Å². The van der Waals surface area contributed by atoms with Crippen molar-refractivity contribution >= 4 is 11.6 Å².